The second kappa shape index (κ2) is 6.11. The smallest absolute Gasteiger partial charge is 0.119 e. The van der Waals surface area contributed by atoms with Crippen LogP contribution in [0.1, 0.15) is 24.5 Å². The molecule has 3 aliphatic rings. The van der Waals surface area contributed by atoms with Gasteiger partial charge in [-0.25, -0.2) is 0 Å². The van der Waals surface area contributed by atoms with Crippen LogP contribution in [-0.4, -0.2) is 42.8 Å². The lowest BCUT2D eigenvalue weighted by Gasteiger charge is -2.58. The fourth-order valence-corrected chi connectivity index (χ4v) is 5.00. The van der Waals surface area contributed by atoms with Gasteiger partial charge in [0.05, 0.1) is 38.8 Å². The van der Waals surface area contributed by atoms with Crippen LogP contribution in [0.5, 0.6) is 5.75 Å². The molecule has 1 aromatic heterocycles. The van der Waals surface area contributed by atoms with Crippen LogP contribution in [0, 0.1) is 11.8 Å². The molecule has 4 nitrogen and oxygen atoms in total. The number of hydrogen-bond acceptors (Lipinski definition) is 3. The van der Waals surface area contributed by atoms with Crippen molar-refractivity contribution < 1.29 is 14.3 Å². The van der Waals surface area contributed by atoms with Crippen LogP contribution in [0.2, 0.25) is 0 Å². The van der Waals surface area contributed by atoms with Crippen molar-refractivity contribution in [1.29, 1.82) is 0 Å². The van der Waals surface area contributed by atoms with Crippen molar-refractivity contribution in [3.05, 3.63) is 48.7 Å². The topological polar surface area (TPSA) is 45.2 Å². The predicted octanol–water partition coefficient (Wildman–Crippen LogP) is 2.69. The molecule has 1 aromatic carbocycles. The third-order valence-electron chi connectivity index (χ3n) is 6.53. The maximum Gasteiger partial charge on any atom is 0.119 e. The number of aromatic nitrogens is 1. The van der Waals surface area contributed by atoms with Crippen molar-refractivity contribution in [1.82, 2.24) is 4.98 Å². The van der Waals surface area contributed by atoms with Crippen LogP contribution in [0.3, 0.4) is 0 Å². The summed E-state index contributed by atoms with van der Waals surface area (Å²) in [6, 6.07) is 7.80. The van der Waals surface area contributed by atoms with E-state index in [2.05, 4.69) is 24.7 Å². The molecule has 0 amide bonds. The largest absolute Gasteiger partial charge is 0.844 e. The molecule has 0 radical (unpaired) electrons. The van der Waals surface area contributed by atoms with E-state index in [-0.39, 0.29) is 6.04 Å². The van der Waals surface area contributed by atoms with Gasteiger partial charge in [0.15, 0.2) is 0 Å². The fourth-order valence-electron chi connectivity index (χ4n) is 5.00. The normalized spacial score (nSPS) is 32.5. The minimum absolute atomic E-state index is 0.117. The Morgan fingerprint density at radius 3 is 2.96 bits per heavy atom. The van der Waals surface area contributed by atoms with Crippen LogP contribution in [0.25, 0.3) is 10.9 Å². The number of rotatable bonds is 4. The van der Waals surface area contributed by atoms with E-state index in [0.717, 1.165) is 46.2 Å². The molecule has 2 bridgehead atoms. The molecular weight excluding hydrogens is 312 g/mol. The lowest BCUT2D eigenvalue weighted by molar-refractivity contribution is -0.962. The van der Waals surface area contributed by atoms with E-state index >= 15 is 0 Å². The van der Waals surface area contributed by atoms with Crippen LogP contribution >= 0.6 is 0 Å². The maximum absolute atomic E-state index is 13.6. The van der Waals surface area contributed by atoms with Crippen molar-refractivity contribution in [2.24, 2.45) is 11.8 Å². The van der Waals surface area contributed by atoms with Gasteiger partial charge in [0.1, 0.15) is 5.75 Å². The summed E-state index contributed by atoms with van der Waals surface area (Å²) in [4.78, 5) is 4.42. The Hall–Kier alpha value is -1.91. The molecule has 5 rings (SSSR count). The Morgan fingerprint density at radius 2 is 2.24 bits per heavy atom. The Labute approximate surface area is 149 Å². The summed E-state index contributed by atoms with van der Waals surface area (Å²) >= 11 is 0. The maximum atomic E-state index is 13.6. The molecule has 5 atom stereocenters. The minimum atomic E-state index is -0.740. The van der Waals surface area contributed by atoms with Gasteiger partial charge in [-0.2, -0.15) is 0 Å². The van der Waals surface area contributed by atoms with Gasteiger partial charge in [-0.05, 0) is 41.9 Å². The van der Waals surface area contributed by atoms with E-state index in [1.807, 2.05) is 24.3 Å². The summed E-state index contributed by atoms with van der Waals surface area (Å²) in [6.07, 6.45) is 5.33. The second-order valence-corrected chi connectivity index (χ2v) is 7.84. The highest BCUT2D eigenvalue weighted by Crippen LogP contribution is 2.45. The number of benzene rings is 1. The van der Waals surface area contributed by atoms with E-state index in [1.54, 1.807) is 13.3 Å². The van der Waals surface area contributed by atoms with Gasteiger partial charge in [-0.1, -0.05) is 6.08 Å². The van der Waals surface area contributed by atoms with Gasteiger partial charge in [0.2, 0.25) is 0 Å². The van der Waals surface area contributed by atoms with Crippen LogP contribution in [-0.2, 0) is 0 Å². The van der Waals surface area contributed by atoms with Gasteiger partial charge in [0, 0.05) is 30.3 Å². The monoisotopic (exact) mass is 338 g/mol. The molecule has 3 aliphatic heterocycles. The van der Waals surface area contributed by atoms with E-state index in [4.69, 9.17) is 4.74 Å². The molecule has 1 unspecified atom stereocenters. The molecule has 4 heterocycles. The summed E-state index contributed by atoms with van der Waals surface area (Å²) in [5.74, 6) is 1.93. The first-order valence-corrected chi connectivity index (χ1v) is 9.11. The number of methoxy groups -OCH3 is 1. The third-order valence-corrected chi connectivity index (χ3v) is 6.53. The second-order valence-electron chi connectivity index (χ2n) is 7.84. The zero-order valence-corrected chi connectivity index (χ0v) is 15.0. The summed E-state index contributed by atoms with van der Waals surface area (Å²) < 4.78 is 6.23. The third kappa shape index (κ3) is 2.64. The highest BCUT2D eigenvalue weighted by molar-refractivity contribution is 5.83. The number of likely N-dealkylation sites (N-methyl/N-ethyl adjacent to an activating group) is 1. The highest BCUT2D eigenvalue weighted by Gasteiger charge is 2.49. The van der Waals surface area contributed by atoms with E-state index in [0.29, 0.717) is 11.8 Å². The zero-order valence-electron chi connectivity index (χ0n) is 15.0. The molecule has 3 saturated heterocycles. The molecule has 0 spiro atoms. The molecule has 2 aromatic rings. The van der Waals surface area contributed by atoms with Crippen molar-refractivity contribution in [3.8, 4) is 5.75 Å². The van der Waals surface area contributed by atoms with Crippen molar-refractivity contribution >= 4 is 10.9 Å². The number of piperidine rings is 3. The lowest BCUT2D eigenvalue weighted by atomic mass is 9.72. The van der Waals surface area contributed by atoms with Gasteiger partial charge in [-0.15, -0.1) is 6.58 Å². The zero-order chi connectivity index (χ0) is 17.6. The molecule has 0 N–H and O–H groups in total. The molecule has 3 fully saturated rings. The fraction of sp³-hybridized carbons (Fsp3) is 0.476. The predicted molar refractivity (Wildman–Crippen MR) is 97.2 cm³/mol. The first-order valence-electron chi connectivity index (χ1n) is 9.11. The molecule has 0 aliphatic carbocycles. The summed E-state index contributed by atoms with van der Waals surface area (Å²) in [6.45, 7) is 6.16. The van der Waals surface area contributed by atoms with Crippen LogP contribution in [0.4, 0.5) is 0 Å². The highest BCUT2D eigenvalue weighted by atomic mass is 16.5. The van der Waals surface area contributed by atoms with Crippen LogP contribution < -0.4 is 9.84 Å². The minimum Gasteiger partial charge on any atom is -0.844 e. The van der Waals surface area contributed by atoms with Gasteiger partial charge < -0.3 is 14.3 Å². The van der Waals surface area contributed by atoms with Crippen molar-refractivity contribution in [3.63, 3.8) is 0 Å². The van der Waals surface area contributed by atoms with Crippen molar-refractivity contribution in [2.75, 3.05) is 27.2 Å². The summed E-state index contributed by atoms with van der Waals surface area (Å²) in [5, 5.41) is 14.5. The van der Waals surface area contributed by atoms with E-state index < -0.39 is 6.10 Å². The SMILES string of the molecule is C=C[C@H]1C[N+]2(C)CC[C@H]1C[C@H]2[C@H]([O-])c1ccnc2ccc(OC)cc12. The lowest BCUT2D eigenvalue weighted by Crippen LogP contribution is -2.67. The van der Waals surface area contributed by atoms with Gasteiger partial charge in [0.25, 0.3) is 0 Å². The average molecular weight is 338 g/mol. The first kappa shape index (κ1) is 16.6. The molecule has 0 saturated carbocycles. The Morgan fingerprint density at radius 1 is 1.40 bits per heavy atom. The molecule has 4 heteroatoms. The Kier molecular flexibility index (Phi) is 4.05. The number of hydrogen-bond donors (Lipinski definition) is 0. The average Bonchev–Trinajstić information content (AvgIpc) is 2.66. The number of fused-ring (bicyclic) bond motifs is 4. The van der Waals surface area contributed by atoms with E-state index in [1.165, 1.54) is 6.42 Å². The molecule has 132 valence electrons. The number of pyridine rings is 1. The molecule has 25 heavy (non-hydrogen) atoms. The van der Waals surface area contributed by atoms with Gasteiger partial charge >= 0.3 is 0 Å². The quantitative estimate of drug-likeness (QED) is 0.636. The van der Waals surface area contributed by atoms with Crippen LogP contribution in [0.15, 0.2) is 43.1 Å². The summed E-state index contributed by atoms with van der Waals surface area (Å²) in [7, 11) is 3.91. The number of ether oxygens (including phenoxy) is 1. The Bertz CT molecular complexity index is 806. The molecular formula is C21H26N2O2. The van der Waals surface area contributed by atoms with E-state index in [9.17, 15) is 5.11 Å². The standard InChI is InChI=1S/C21H26N2O2/c1-4-14-13-23(2)10-8-15(14)11-20(23)21(24)17-7-9-22-19-6-5-16(25-3)12-18(17)19/h4-7,9,12,14-15,20-21H,1,8,10-11,13H2,2-3H3/t14-,15-,20-,21+,23?/m0/s1. The number of nitrogens with zero attached hydrogens (tertiary/aromatic N) is 2. The van der Waals surface area contributed by atoms with Gasteiger partial charge in [-0.3, -0.25) is 4.98 Å². The summed E-state index contributed by atoms with van der Waals surface area (Å²) in [5.41, 5.74) is 1.72. The van der Waals surface area contributed by atoms with Crippen molar-refractivity contribution in [2.45, 2.75) is 25.0 Å². The number of quaternary nitrogens is 1. The first-order chi connectivity index (χ1) is 12.1. The Balaban J connectivity index is 1.73.